The molecule has 228 valence electrons. The highest BCUT2D eigenvalue weighted by atomic mass is 32.2. The zero-order valence-electron chi connectivity index (χ0n) is 23.0. The monoisotopic (exact) mass is 625 g/mol. The number of benzene rings is 2. The van der Waals surface area contributed by atoms with Crippen LogP contribution in [0.25, 0.3) is 16.5 Å². The lowest BCUT2D eigenvalue weighted by atomic mass is 9.92. The van der Waals surface area contributed by atoms with Crippen LogP contribution in [-0.4, -0.2) is 57.0 Å². The number of carbonyl (C=O) groups is 2. The van der Waals surface area contributed by atoms with Crippen LogP contribution in [0.1, 0.15) is 43.0 Å². The zero-order chi connectivity index (χ0) is 31.3. The fraction of sp³-hybridized carbons (Fsp3) is 0.357. The van der Waals surface area contributed by atoms with Crippen LogP contribution in [-0.2, 0) is 28.3 Å². The second-order valence-corrected chi connectivity index (χ2v) is 12.1. The third kappa shape index (κ3) is 6.81. The average Bonchev–Trinajstić information content (AvgIpc) is 3.48. The second-order valence-electron chi connectivity index (χ2n) is 11.1. The summed E-state index contributed by atoms with van der Waals surface area (Å²) in [7, 11) is 0. The third-order valence-corrected chi connectivity index (χ3v) is 7.79. The number of likely N-dealkylation sites (tertiary alicyclic amines) is 1. The molecule has 0 unspecified atom stereocenters. The van der Waals surface area contributed by atoms with E-state index in [1.807, 2.05) is 0 Å². The molecule has 2 N–H and O–H groups in total. The number of thioether (sulfide) groups is 1. The fourth-order valence-electron chi connectivity index (χ4n) is 4.63. The summed E-state index contributed by atoms with van der Waals surface area (Å²) >= 11 is 0.961. The summed E-state index contributed by atoms with van der Waals surface area (Å²) in [6, 6.07) is 6.06. The summed E-state index contributed by atoms with van der Waals surface area (Å²) in [6.45, 7) is 5.83. The zero-order valence-corrected chi connectivity index (χ0v) is 23.8. The van der Waals surface area contributed by atoms with E-state index in [1.165, 1.54) is 6.20 Å². The van der Waals surface area contributed by atoms with Crippen LogP contribution in [0.15, 0.2) is 52.5 Å². The van der Waals surface area contributed by atoms with Crippen LogP contribution in [0.5, 0.6) is 0 Å². The van der Waals surface area contributed by atoms with Gasteiger partial charge >= 0.3 is 18.4 Å². The maximum absolute atomic E-state index is 14.0. The molecule has 15 heteroatoms. The van der Waals surface area contributed by atoms with E-state index >= 15 is 0 Å². The third-order valence-electron chi connectivity index (χ3n) is 6.63. The standard InChI is InChI=1S/C28H25F6N5O3S/c1-26(2,3)42-25(41)36-18-12-39(13-18)24-37-23(40)22(43-24)19(14-5-7-21-16(8-14)11-35-38-21)9-15-4-6-17(27(29,30)31)10-20(15)28(32,33)34/h4-8,10-11,18H,9,12-13H2,1-3H3,(H,35,38)(H,36,41). The Morgan fingerprint density at radius 3 is 2.44 bits per heavy atom. The van der Waals surface area contributed by atoms with Crippen molar-refractivity contribution < 1.29 is 40.7 Å². The maximum atomic E-state index is 14.0. The number of aliphatic imine (C=N–C) groups is 1. The predicted octanol–water partition coefficient (Wildman–Crippen LogP) is 6.39. The Hall–Kier alpha value is -4.01. The van der Waals surface area contributed by atoms with E-state index in [4.69, 9.17) is 4.74 Å². The number of nitrogens with one attached hydrogen (secondary N) is 2. The first kappa shape index (κ1) is 30.4. The van der Waals surface area contributed by atoms with Gasteiger partial charge in [-0.3, -0.25) is 9.89 Å². The molecule has 2 aromatic carbocycles. The van der Waals surface area contributed by atoms with Gasteiger partial charge in [-0.15, -0.1) is 0 Å². The smallest absolute Gasteiger partial charge is 0.416 e. The van der Waals surface area contributed by atoms with Crippen LogP contribution in [0.2, 0.25) is 0 Å². The van der Waals surface area contributed by atoms with Crippen LogP contribution in [0, 0.1) is 0 Å². The SMILES string of the molecule is CC(C)(C)OC(=O)NC1CN(C2=NC(=O)C(=C(Cc3ccc(C(F)(F)F)cc3C(F)(F)F)c3ccc4[nH]ncc4c3)S2)C1. The number of amides is 2. The number of amidine groups is 1. The molecule has 0 bridgehead atoms. The number of carbonyl (C=O) groups excluding carboxylic acids is 2. The Bertz CT molecular complexity index is 1650. The molecule has 0 aliphatic carbocycles. The molecule has 2 amide bonds. The summed E-state index contributed by atoms with van der Waals surface area (Å²) in [4.78, 5) is 31.1. The Labute approximate surface area is 245 Å². The number of H-pyrrole nitrogens is 1. The summed E-state index contributed by atoms with van der Waals surface area (Å²) in [5, 5.41) is 10.3. The molecule has 0 saturated carbocycles. The van der Waals surface area contributed by atoms with Gasteiger partial charge < -0.3 is 15.0 Å². The number of nitrogens with zero attached hydrogens (tertiary/aromatic N) is 3. The van der Waals surface area contributed by atoms with Gasteiger partial charge in [0.05, 0.1) is 33.8 Å². The Morgan fingerprint density at radius 2 is 1.79 bits per heavy atom. The Kier molecular flexibility index (Phi) is 7.73. The number of aromatic amines is 1. The van der Waals surface area contributed by atoms with Gasteiger partial charge in [-0.1, -0.05) is 12.1 Å². The van der Waals surface area contributed by atoms with Crippen molar-refractivity contribution in [2.45, 2.75) is 51.2 Å². The van der Waals surface area contributed by atoms with Gasteiger partial charge in [0.2, 0.25) is 0 Å². The van der Waals surface area contributed by atoms with Crippen molar-refractivity contribution in [3.8, 4) is 0 Å². The lowest BCUT2D eigenvalue weighted by Crippen LogP contribution is -2.60. The summed E-state index contributed by atoms with van der Waals surface area (Å²) in [5.74, 6) is -0.689. The molecular weight excluding hydrogens is 600 g/mol. The first-order chi connectivity index (χ1) is 20.0. The quantitative estimate of drug-likeness (QED) is 0.258. The van der Waals surface area contributed by atoms with E-state index in [9.17, 15) is 35.9 Å². The minimum Gasteiger partial charge on any atom is -0.444 e. The molecule has 2 aliphatic heterocycles. The second kappa shape index (κ2) is 10.9. The molecule has 1 aromatic heterocycles. The van der Waals surface area contributed by atoms with E-state index < -0.39 is 53.1 Å². The fourth-order valence-corrected chi connectivity index (χ4v) is 5.66. The molecule has 3 aromatic rings. The van der Waals surface area contributed by atoms with Crippen molar-refractivity contribution in [1.82, 2.24) is 20.4 Å². The first-order valence-corrected chi connectivity index (χ1v) is 13.8. The minimum atomic E-state index is -5.08. The van der Waals surface area contributed by atoms with Gasteiger partial charge in [0.15, 0.2) is 5.17 Å². The number of halogens is 6. The van der Waals surface area contributed by atoms with Gasteiger partial charge in [-0.25, -0.2) is 4.79 Å². The molecule has 2 aliphatic rings. The lowest BCUT2D eigenvalue weighted by Gasteiger charge is -2.40. The highest BCUT2D eigenvalue weighted by molar-refractivity contribution is 8.18. The summed E-state index contributed by atoms with van der Waals surface area (Å²) in [5.41, 5.74) is -2.77. The number of rotatable bonds is 4. The van der Waals surface area contributed by atoms with E-state index in [0.717, 1.165) is 17.8 Å². The molecule has 5 rings (SSSR count). The van der Waals surface area contributed by atoms with Crippen LogP contribution in [0.3, 0.4) is 0 Å². The van der Waals surface area contributed by atoms with Gasteiger partial charge in [-0.05, 0) is 79.9 Å². The average molecular weight is 626 g/mol. The first-order valence-electron chi connectivity index (χ1n) is 13.0. The number of allylic oxidation sites excluding steroid dienone is 1. The highest BCUT2D eigenvalue weighted by Crippen LogP contribution is 2.42. The highest BCUT2D eigenvalue weighted by Gasteiger charge is 2.40. The molecule has 3 heterocycles. The Morgan fingerprint density at radius 1 is 1.07 bits per heavy atom. The molecule has 0 radical (unpaired) electrons. The number of hydrogen-bond donors (Lipinski definition) is 2. The van der Waals surface area contributed by atoms with Crippen molar-refractivity contribution in [3.05, 3.63) is 69.8 Å². The van der Waals surface area contributed by atoms with E-state index in [0.29, 0.717) is 40.8 Å². The van der Waals surface area contributed by atoms with Gasteiger partial charge in [0.25, 0.3) is 5.91 Å². The molecule has 0 atom stereocenters. The summed E-state index contributed by atoms with van der Waals surface area (Å²) in [6.07, 6.45) is -9.63. The van der Waals surface area contributed by atoms with Crippen molar-refractivity contribution >= 4 is 45.4 Å². The van der Waals surface area contributed by atoms with E-state index in [1.54, 1.807) is 43.9 Å². The number of hydrogen-bond acceptors (Lipinski definition) is 6. The minimum absolute atomic E-state index is 0.0504. The van der Waals surface area contributed by atoms with Crippen molar-refractivity contribution in [3.63, 3.8) is 0 Å². The molecule has 8 nitrogen and oxygen atoms in total. The number of alkyl halides is 6. The molecule has 1 saturated heterocycles. The maximum Gasteiger partial charge on any atom is 0.416 e. The number of aromatic nitrogens is 2. The van der Waals surface area contributed by atoms with Crippen molar-refractivity contribution in [2.75, 3.05) is 13.1 Å². The molecule has 43 heavy (non-hydrogen) atoms. The van der Waals surface area contributed by atoms with Crippen LogP contribution < -0.4 is 5.32 Å². The number of fused-ring (bicyclic) bond motifs is 1. The molecule has 1 fully saturated rings. The topological polar surface area (TPSA) is 99.7 Å². The van der Waals surface area contributed by atoms with Crippen LogP contribution >= 0.6 is 11.8 Å². The van der Waals surface area contributed by atoms with Gasteiger partial charge in [-0.2, -0.15) is 36.4 Å². The van der Waals surface area contributed by atoms with Crippen molar-refractivity contribution in [2.24, 2.45) is 4.99 Å². The predicted molar refractivity (Wildman–Crippen MR) is 148 cm³/mol. The van der Waals surface area contributed by atoms with Gasteiger partial charge in [0, 0.05) is 18.5 Å². The van der Waals surface area contributed by atoms with Crippen molar-refractivity contribution in [1.29, 1.82) is 0 Å². The summed E-state index contributed by atoms with van der Waals surface area (Å²) < 4.78 is 87.0. The lowest BCUT2D eigenvalue weighted by molar-refractivity contribution is -0.143. The van der Waals surface area contributed by atoms with E-state index in [2.05, 4.69) is 20.5 Å². The Balaban J connectivity index is 1.45. The molecule has 0 spiro atoms. The van der Waals surface area contributed by atoms with E-state index in [-0.39, 0.29) is 22.6 Å². The molecular formula is C28H25F6N5O3S. The van der Waals surface area contributed by atoms with Gasteiger partial charge in [0.1, 0.15) is 5.60 Å². The largest absolute Gasteiger partial charge is 0.444 e. The number of alkyl carbamates (subject to hydrolysis) is 1. The van der Waals surface area contributed by atoms with Crippen LogP contribution in [0.4, 0.5) is 31.1 Å². The normalized spacial score (nSPS) is 17.7. The number of ether oxygens (including phenoxy) is 1.